The van der Waals surface area contributed by atoms with Crippen molar-refractivity contribution in [1.82, 2.24) is 9.13 Å². The maximum absolute atomic E-state index is 13.3. The molecule has 0 N–H and O–H groups in total. The number of aromatic nitrogens is 2. The van der Waals surface area contributed by atoms with Crippen molar-refractivity contribution in [2.75, 3.05) is 0 Å². The summed E-state index contributed by atoms with van der Waals surface area (Å²) in [5, 5.41) is 1.57. The molecule has 0 spiro atoms. The number of rotatable bonds is 3. The van der Waals surface area contributed by atoms with Crippen LogP contribution in [0.3, 0.4) is 0 Å². The van der Waals surface area contributed by atoms with Crippen LogP contribution < -0.4 is 5.69 Å². The van der Waals surface area contributed by atoms with E-state index in [4.69, 9.17) is 41.4 Å². The first-order valence-electron chi connectivity index (χ1n) is 8.51. The molecule has 0 fully saturated rings. The topological polar surface area (TPSA) is 31.3 Å². The largest absolute Gasteiger partial charge is 0.337 e. The number of hydrogen-bond acceptors (Lipinski definition) is 1. The molecule has 0 aliphatic carbocycles. The molecule has 0 radical (unpaired) electrons. The van der Waals surface area contributed by atoms with Gasteiger partial charge < -0.3 is 0 Å². The van der Waals surface area contributed by atoms with Crippen molar-refractivity contribution in [3.05, 3.63) is 110 Å². The number of halogens is 3. The van der Waals surface area contributed by atoms with Gasteiger partial charge in [0.25, 0.3) is 0 Å². The lowest BCUT2D eigenvalue weighted by atomic mass is 10.1. The van der Waals surface area contributed by atoms with Gasteiger partial charge in [-0.2, -0.15) is 0 Å². The highest BCUT2D eigenvalue weighted by Crippen LogP contribution is 2.30. The summed E-state index contributed by atoms with van der Waals surface area (Å²) >= 11 is 18.2. The molecule has 0 aliphatic rings. The van der Waals surface area contributed by atoms with E-state index >= 15 is 0 Å². The van der Waals surface area contributed by atoms with E-state index in [1.807, 2.05) is 0 Å². The zero-order chi connectivity index (χ0) is 20.5. The van der Waals surface area contributed by atoms with Gasteiger partial charge in [0.15, 0.2) is 5.69 Å². The number of hydrogen-bond donors (Lipinski definition) is 0. The fraction of sp³-hybridized carbons (Fsp3) is 0. The molecule has 0 atom stereocenters. The number of benzene rings is 3. The molecule has 0 saturated carbocycles. The van der Waals surface area contributed by atoms with Crippen molar-refractivity contribution in [2.24, 2.45) is 0 Å². The molecular formula is C22H12Cl3N3O. The van der Waals surface area contributed by atoms with E-state index in [-0.39, 0.29) is 5.69 Å². The molecule has 4 rings (SSSR count). The Labute approximate surface area is 181 Å². The van der Waals surface area contributed by atoms with E-state index < -0.39 is 0 Å². The van der Waals surface area contributed by atoms with Crippen LogP contribution in [-0.2, 0) is 0 Å². The Morgan fingerprint density at radius 1 is 0.759 bits per heavy atom. The Kier molecular flexibility index (Phi) is 5.21. The third kappa shape index (κ3) is 3.81. The van der Waals surface area contributed by atoms with E-state index in [1.54, 1.807) is 77.5 Å². The van der Waals surface area contributed by atoms with Crippen LogP contribution in [-0.4, -0.2) is 9.13 Å². The van der Waals surface area contributed by atoms with E-state index in [0.717, 1.165) is 0 Å². The second-order valence-corrected chi connectivity index (χ2v) is 7.57. The van der Waals surface area contributed by atoms with Gasteiger partial charge >= 0.3 is 5.69 Å². The molecule has 0 unspecified atom stereocenters. The van der Waals surface area contributed by atoms with E-state index in [2.05, 4.69) is 4.85 Å². The maximum Gasteiger partial charge on any atom is 0.337 e. The van der Waals surface area contributed by atoms with Gasteiger partial charge in [0.05, 0.1) is 23.6 Å². The van der Waals surface area contributed by atoms with Crippen LogP contribution in [0.15, 0.2) is 77.7 Å². The first kappa shape index (κ1) is 19.4. The van der Waals surface area contributed by atoms with Gasteiger partial charge in [0.1, 0.15) is 0 Å². The lowest BCUT2D eigenvalue weighted by Gasteiger charge is -2.08. The summed E-state index contributed by atoms with van der Waals surface area (Å²) < 4.78 is 3.09. The van der Waals surface area contributed by atoms with Gasteiger partial charge in [0.2, 0.25) is 0 Å². The number of nitrogens with zero attached hydrogens (tertiary/aromatic N) is 3. The van der Waals surface area contributed by atoms with E-state index in [0.29, 0.717) is 43.4 Å². The third-order valence-electron chi connectivity index (χ3n) is 4.39. The van der Waals surface area contributed by atoms with Crippen molar-refractivity contribution in [2.45, 2.75) is 0 Å². The van der Waals surface area contributed by atoms with E-state index in [1.165, 1.54) is 4.57 Å². The molecule has 29 heavy (non-hydrogen) atoms. The molecule has 1 heterocycles. The predicted molar refractivity (Wildman–Crippen MR) is 118 cm³/mol. The zero-order valence-corrected chi connectivity index (χ0v) is 17.1. The summed E-state index contributed by atoms with van der Waals surface area (Å²) in [5.74, 6) is 0. The molecule has 0 amide bonds. The minimum Gasteiger partial charge on any atom is -0.267 e. The monoisotopic (exact) mass is 439 g/mol. The van der Waals surface area contributed by atoms with Crippen LogP contribution in [0.1, 0.15) is 0 Å². The molecule has 0 saturated heterocycles. The van der Waals surface area contributed by atoms with Gasteiger partial charge in [-0.05, 0) is 72.3 Å². The standard InChI is InChI=1S/C22H12Cl3N3O/c1-26-18-11-14(10-17(25)12-18)21-13-27(19-6-2-15(23)3-7-19)22(29)28(21)20-8-4-16(24)5-9-20/h2-13H. The average Bonchev–Trinajstić information content (AvgIpc) is 3.06. The second-order valence-electron chi connectivity index (χ2n) is 6.27. The summed E-state index contributed by atoms with van der Waals surface area (Å²) in [6, 6.07) is 18.9. The van der Waals surface area contributed by atoms with Crippen LogP contribution in [0.2, 0.25) is 15.1 Å². The molecule has 4 aromatic rings. The molecule has 142 valence electrons. The molecular weight excluding hydrogens is 429 g/mol. The highest BCUT2D eigenvalue weighted by Gasteiger charge is 2.17. The fourth-order valence-corrected chi connectivity index (χ4v) is 3.54. The first-order valence-corrected chi connectivity index (χ1v) is 9.64. The zero-order valence-electron chi connectivity index (χ0n) is 14.8. The van der Waals surface area contributed by atoms with Crippen molar-refractivity contribution in [1.29, 1.82) is 0 Å². The van der Waals surface area contributed by atoms with Gasteiger partial charge in [-0.3, -0.25) is 9.13 Å². The SMILES string of the molecule is [C-]#[N+]c1cc(Cl)cc(-c2cn(-c3ccc(Cl)cc3)c(=O)n2-c2ccc(Cl)cc2)c1. The lowest BCUT2D eigenvalue weighted by molar-refractivity contribution is 0.911. The molecule has 0 bridgehead atoms. The Morgan fingerprint density at radius 3 is 1.93 bits per heavy atom. The fourth-order valence-electron chi connectivity index (χ4n) is 3.06. The summed E-state index contributed by atoms with van der Waals surface area (Å²) in [6.07, 6.45) is 1.72. The van der Waals surface area contributed by atoms with Crippen molar-refractivity contribution < 1.29 is 0 Å². The summed E-state index contributed by atoms with van der Waals surface area (Å²) in [5.41, 5.74) is 2.69. The van der Waals surface area contributed by atoms with Crippen molar-refractivity contribution >= 4 is 40.5 Å². The van der Waals surface area contributed by atoms with Crippen LogP contribution in [0.4, 0.5) is 5.69 Å². The van der Waals surface area contributed by atoms with Gasteiger partial charge in [-0.25, -0.2) is 9.64 Å². The van der Waals surface area contributed by atoms with Crippen molar-refractivity contribution in [3.63, 3.8) is 0 Å². The van der Waals surface area contributed by atoms with Crippen molar-refractivity contribution in [3.8, 4) is 22.6 Å². The highest BCUT2D eigenvalue weighted by molar-refractivity contribution is 6.31. The minimum atomic E-state index is -0.269. The van der Waals surface area contributed by atoms with Crippen LogP contribution in [0.5, 0.6) is 0 Å². The van der Waals surface area contributed by atoms with Crippen LogP contribution in [0.25, 0.3) is 27.5 Å². The molecule has 0 aliphatic heterocycles. The maximum atomic E-state index is 13.3. The normalized spacial score (nSPS) is 10.7. The second kappa shape index (κ2) is 7.81. The Bertz CT molecular complexity index is 1300. The molecule has 7 heteroatoms. The predicted octanol–water partition coefficient (Wildman–Crippen LogP) is 6.81. The Balaban J connectivity index is 2.01. The average molecular weight is 441 g/mol. The minimum absolute atomic E-state index is 0.269. The van der Waals surface area contributed by atoms with Crippen LogP contribution in [0, 0.1) is 6.57 Å². The summed E-state index contributed by atoms with van der Waals surface area (Å²) in [6.45, 7) is 7.31. The Hall–Kier alpha value is -2.97. The molecule has 1 aromatic heterocycles. The van der Waals surface area contributed by atoms with Gasteiger partial charge in [-0.1, -0.05) is 34.8 Å². The highest BCUT2D eigenvalue weighted by atomic mass is 35.5. The van der Waals surface area contributed by atoms with Gasteiger partial charge in [-0.15, -0.1) is 0 Å². The lowest BCUT2D eigenvalue weighted by Crippen LogP contribution is -2.22. The Morgan fingerprint density at radius 2 is 1.34 bits per heavy atom. The smallest absolute Gasteiger partial charge is 0.267 e. The number of imidazole rings is 1. The summed E-state index contributed by atoms with van der Waals surface area (Å²) in [7, 11) is 0. The first-order chi connectivity index (χ1) is 14.0. The quantitative estimate of drug-likeness (QED) is 0.322. The molecule has 3 aromatic carbocycles. The van der Waals surface area contributed by atoms with E-state index in [9.17, 15) is 4.79 Å². The van der Waals surface area contributed by atoms with Gasteiger partial charge in [0, 0.05) is 21.3 Å². The third-order valence-corrected chi connectivity index (χ3v) is 5.11. The summed E-state index contributed by atoms with van der Waals surface area (Å²) in [4.78, 5) is 16.8. The van der Waals surface area contributed by atoms with Crippen LogP contribution >= 0.6 is 34.8 Å². The molecule has 4 nitrogen and oxygen atoms in total.